The fraction of sp³-hybridized carbons (Fsp3) is 0.467. The lowest BCUT2D eigenvalue weighted by molar-refractivity contribution is -0.151. The number of amides is 1. The monoisotopic (exact) mass is 331 g/mol. The number of hydrogen-bond acceptors (Lipinski definition) is 2. The number of aliphatic carboxylic acids is 1. The first-order valence-electron chi connectivity index (χ1n) is 6.95. The van der Waals surface area contributed by atoms with Crippen molar-refractivity contribution in [2.24, 2.45) is 5.41 Å². The van der Waals surface area contributed by atoms with E-state index in [1.807, 2.05) is 0 Å². The number of rotatable bonds is 2. The molecule has 1 aromatic carbocycles. The Labute approximate surface area is 130 Å². The predicted molar refractivity (Wildman–Crippen MR) is 73.9 cm³/mol. The van der Waals surface area contributed by atoms with Crippen molar-refractivity contribution in [3.05, 3.63) is 35.4 Å². The van der Waals surface area contributed by atoms with E-state index < -0.39 is 35.3 Å². The van der Waals surface area contributed by atoms with E-state index in [1.165, 1.54) is 19.1 Å². The summed E-state index contributed by atoms with van der Waals surface area (Å²) in [5, 5.41) is 18.6. The van der Waals surface area contributed by atoms with Crippen LogP contribution >= 0.6 is 0 Å². The summed E-state index contributed by atoms with van der Waals surface area (Å²) >= 11 is 0. The molecule has 5 nitrogen and oxygen atoms in total. The number of nitrogens with zero attached hydrogens (tertiary/aromatic N) is 1. The second-order valence-corrected chi connectivity index (χ2v) is 5.93. The maximum atomic E-state index is 12.6. The molecule has 0 radical (unpaired) electrons. The van der Waals surface area contributed by atoms with Crippen LogP contribution in [0.2, 0.25) is 0 Å². The van der Waals surface area contributed by atoms with Crippen LogP contribution in [0.4, 0.5) is 18.0 Å². The molecule has 1 saturated heterocycles. The van der Waals surface area contributed by atoms with Gasteiger partial charge in [0.05, 0.1) is 17.0 Å². The molecule has 0 spiro atoms. The van der Waals surface area contributed by atoms with Gasteiger partial charge >= 0.3 is 18.2 Å². The number of carbonyl (C=O) groups is 2. The molecule has 0 saturated carbocycles. The van der Waals surface area contributed by atoms with Crippen molar-refractivity contribution in [2.45, 2.75) is 32.0 Å². The molecule has 2 unspecified atom stereocenters. The molecule has 1 aliphatic heterocycles. The number of likely N-dealkylation sites (tertiary alicyclic amines) is 1. The maximum absolute atomic E-state index is 12.6. The molecule has 23 heavy (non-hydrogen) atoms. The van der Waals surface area contributed by atoms with Crippen LogP contribution in [0.5, 0.6) is 0 Å². The minimum atomic E-state index is -4.48. The summed E-state index contributed by atoms with van der Waals surface area (Å²) in [5.41, 5.74) is -1.59. The smallest absolute Gasteiger partial charge is 0.416 e. The van der Waals surface area contributed by atoms with E-state index >= 15 is 0 Å². The van der Waals surface area contributed by atoms with Gasteiger partial charge in [0.1, 0.15) is 0 Å². The quantitative estimate of drug-likeness (QED) is 0.868. The zero-order valence-corrected chi connectivity index (χ0v) is 12.3. The summed E-state index contributed by atoms with van der Waals surface area (Å²) in [4.78, 5) is 23.8. The van der Waals surface area contributed by atoms with Crippen molar-refractivity contribution in [2.75, 3.05) is 6.54 Å². The Bertz CT molecular complexity index is 614. The number of carboxylic acids is 1. The van der Waals surface area contributed by atoms with E-state index in [0.717, 1.165) is 17.0 Å². The van der Waals surface area contributed by atoms with Gasteiger partial charge in [-0.15, -0.1) is 0 Å². The summed E-state index contributed by atoms with van der Waals surface area (Å²) in [5.74, 6) is -1.04. The van der Waals surface area contributed by atoms with Crippen molar-refractivity contribution in [1.29, 1.82) is 0 Å². The molecule has 2 N–H and O–H groups in total. The van der Waals surface area contributed by atoms with E-state index in [9.17, 15) is 33.0 Å². The summed E-state index contributed by atoms with van der Waals surface area (Å²) < 4.78 is 37.8. The zero-order valence-electron chi connectivity index (χ0n) is 12.3. The Morgan fingerprint density at radius 2 is 1.78 bits per heavy atom. The predicted octanol–water partition coefficient (Wildman–Crippen LogP) is 3.61. The van der Waals surface area contributed by atoms with Crippen molar-refractivity contribution >= 4 is 12.1 Å². The molecule has 1 fully saturated rings. The van der Waals surface area contributed by atoms with Crippen LogP contribution < -0.4 is 0 Å². The van der Waals surface area contributed by atoms with Gasteiger partial charge in [-0.2, -0.15) is 13.2 Å². The third kappa shape index (κ3) is 3.40. The molecule has 2 atom stereocenters. The van der Waals surface area contributed by atoms with Crippen LogP contribution in [0.1, 0.15) is 36.9 Å². The van der Waals surface area contributed by atoms with Crippen LogP contribution in [0.3, 0.4) is 0 Å². The number of hydrogen-bond donors (Lipinski definition) is 2. The van der Waals surface area contributed by atoms with Gasteiger partial charge in [0, 0.05) is 6.54 Å². The minimum Gasteiger partial charge on any atom is -0.481 e. The van der Waals surface area contributed by atoms with Crippen molar-refractivity contribution < 1.29 is 33.0 Å². The van der Waals surface area contributed by atoms with Crippen molar-refractivity contribution in [3.63, 3.8) is 0 Å². The number of alkyl halides is 3. The highest BCUT2D eigenvalue weighted by Gasteiger charge is 2.44. The van der Waals surface area contributed by atoms with E-state index in [2.05, 4.69) is 0 Å². The van der Waals surface area contributed by atoms with Gasteiger partial charge in [-0.1, -0.05) is 12.1 Å². The van der Waals surface area contributed by atoms with Gasteiger partial charge in [0.2, 0.25) is 0 Å². The Morgan fingerprint density at radius 3 is 2.22 bits per heavy atom. The van der Waals surface area contributed by atoms with Gasteiger partial charge in [0.15, 0.2) is 0 Å². The van der Waals surface area contributed by atoms with E-state index in [-0.39, 0.29) is 19.4 Å². The van der Waals surface area contributed by atoms with Gasteiger partial charge < -0.3 is 15.1 Å². The first kappa shape index (κ1) is 17.1. The van der Waals surface area contributed by atoms with Gasteiger partial charge in [-0.3, -0.25) is 4.79 Å². The van der Waals surface area contributed by atoms with Gasteiger partial charge in [-0.25, -0.2) is 4.79 Å². The first-order valence-corrected chi connectivity index (χ1v) is 6.95. The van der Waals surface area contributed by atoms with Crippen LogP contribution in [0.15, 0.2) is 24.3 Å². The van der Waals surface area contributed by atoms with Crippen LogP contribution in [0.25, 0.3) is 0 Å². The Morgan fingerprint density at radius 1 is 1.22 bits per heavy atom. The highest BCUT2D eigenvalue weighted by Crippen LogP contribution is 2.42. The normalized spacial score (nSPS) is 25.2. The molecule has 0 aromatic heterocycles. The van der Waals surface area contributed by atoms with Gasteiger partial charge in [-0.05, 0) is 37.5 Å². The Hall–Kier alpha value is -2.25. The SMILES string of the molecule is CC1(C(=O)O)CCN(C(=O)O)C(c2ccc(C(F)(F)F)cc2)C1. The standard InChI is InChI=1S/C15H16F3NO4/c1-14(12(20)21)6-7-19(13(22)23)11(8-14)9-2-4-10(5-3-9)15(16,17)18/h2-5,11H,6-8H2,1H3,(H,20,21)(H,22,23). The van der Waals surface area contributed by atoms with Crippen LogP contribution in [-0.2, 0) is 11.0 Å². The topological polar surface area (TPSA) is 77.8 Å². The molecule has 1 amide bonds. The fourth-order valence-corrected chi connectivity index (χ4v) is 2.78. The Kier molecular flexibility index (Phi) is 4.28. The minimum absolute atomic E-state index is 0.0139. The lowest BCUT2D eigenvalue weighted by Gasteiger charge is -2.41. The second kappa shape index (κ2) is 5.75. The highest BCUT2D eigenvalue weighted by molar-refractivity contribution is 5.75. The zero-order chi connectivity index (χ0) is 17.4. The fourth-order valence-electron chi connectivity index (χ4n) is 2.78. The summed E-state index contributed by atoms with van der Waals surface area (Å²) in [6.07, 6.45) is -5.53. The molecule has 0 aliphatic carbocycles. The number of piperidine rings is 1. The molecular weight excluding hydrogens is 315 g/mol. The highest BCUT2D eigenvalue weighted by atomic mass is 19.4. The van der Waals surface area contributed by atoms with Crippen molar-refractivity contribution in [1.82, 2.24) is 4.90 Å². The number of carboxylic acid groups (broad SMARTS) is 2. The molecule has 1 aromatic rings. The van der Waals surface area contributed by atoms with E-state index in [1.54, 1.807) is 0 Å². The Balaban J connectivity index is 2.35. The summed E-state index contributed by atoms with van der Waals surface area (Å²) in [6, 6.07) is 3.38. The summed E-state index contributed by atoms with van der Waals surface area (Å²) in [7, 11) is 0. The molecule has 1 heterocycles. The molecule has 2 rings (SSSR count). The third-order valence-corrected chi connectivity index (χ3v) is 4.31. The molecule has 1 aliphatic rings. The second-order valence-electron chi connectivity index (χ2n) is 5.93. The molecule has 126 valence electrons. The lowest BCUT2D eigenvalue weighted by Crippen LogP contribution is -2.46. The number of halogens is 3. The largest absolute Gasteiger partial charge is 0.481 e. The average molecular weight is 331 g/mol. The average Bonchev–Trinajstić information content (AvgIpc) is 2.46. The van der Waals surface area contributed by atoms with Gasteiger partial charge in [0.25, 0.3) is 0 Å². The first-order chi connectivity index (χ1) is 10.5. The molecule has 8 heteroatoms. The van der Waals surface area contributed by atoms with E-state index in [0.29, 0.717) is 5.56 Å². The van der Waals surface area contributed by atoms with E-state index in [4.69, 9.17) is 0 Å². The number of benzene rings is 1. The lowest BCUT2D eigenvalue weighted by atomic mass is 9.75. The van der Waals surface area contributed by atoms with Crippen LogP contribution in [-0.4, -0.2) is 33.7 Å². The van der Waals surface area contributed by atoms with Crippen molar-refractivity contribution in [3.8, 4) is 0 Å². The molecule has 0 bridgehead atoms. The van der Waals surface area contributed by atoms with Crippen LogP contribution in [0, 0.1) is 5.41 Å². The maximum Gasteiger partial charge on any atom is 0.416 e. The third-order valence-electron chi connectivity index (χ3n) is 4.31. The molecular formula is C15H16F3NO4. The summed E-state index contributed by atoms with van der Waals surface area (Å²) in [6.45, 7) is 1.54.